The van der Waals surface area contributed by atoms with Crippen LogP contribution < -0.4 is 5.11 Å². The molecule has 202 valence electrons. The van der Waals surface area contributed by atoms with Crippen molar-refractivity contribution in [2.75, 3.05) is 27.7 Å². The summed E-state index contributed by atoms with van der Waals surface area (Å²) >= 11 is 0. The molecule has 0 saturated heterocycles. The molecular weight excluding hydrogens is 450 g/mol. The Balaban J connectivity index is 3.81. The van der Waals surface area contributed by atoms with Crippen molar-refractivity contribution in [3.8, 4) is 0 Å². The molecule has 0 aliphatic heterocycles. The topological polar surface area (TPSA) is 66.4 Å². The average Bonchev–Trinajstić information content (AvgIpc) is 2.78. The van der Waals surface area contributed by atoms with Crippen LogP contribution in [0.2, 0.25) is 0 Å². The molecule has 0 rings (SSSR count). The molecule has 5 nitrogen and oxygen atoms in total. The monoisotopic (exact) mass is 499 g/mol. The minimum Gasteiger partial charge on any atom is -0.550 e. The van der Waals surface area contributed by atoms with Crippen molar-refractivity contribution in [1.82, 2.24) is 0 Å². The lowest BCUT2D eigenvalue weighted by Crippen LogP contribution is -2.45. The van der Waals surface area contributed by atoms with Gasteiger partial charge in [0.15, 0.2) is 6.10 Å². The number of rotatable bonds is 21. The Hall–Kier alpha value is -2.66. The van der Waals surface area contributed by atoms with Crippen LogP contribution in [-0.2, 0) is 14.3 Å². The van der Waals surface area contributed by atoms with Gasteiger partial charge in [0.1, 0.15) is 6.54 Å². The van der Waals surface area contributed by atoms with Crippen LogP contribution in [0.3, 0.4) is 0 Å². The molecule has 0 fully saturated rings. The van der Waals surface area contributed by atoms with Crippen molar-refractivity contribution in [2.24, 2.45) is 0 Å². The van der Waals surface area contributed by atoms with E-state index in [0.717, 1.165) is 57.8 Å². The van der Waals surface area contributed by atoms with E-state index in [1.54, 1.807) is 0 Å². The van der Waals surface area contributed by atoms with E-state index in [4.69, 9.17) is 4.74 Å². The first kappa shape index (κ1) is 33.3. The summed E-state index contributed by atoms with van der Waals surface area (Å²) in [6.07, 6.45) is 34.1. The molecule has 0 radical (unpaired) electrons. The fraction of sp³-hybridized carbons (Fsp3) is 0.548. The SMILES string of the molecule is CC/C=C/C/C=C/C/C=C/C/C=C/C/C=C/C/C=C/CCCCC(=O)OC(CC(=O)[O-])C[N+](C)(C)C. The zero-order valence-electron chi connectivity index (χ0n) is 23.1. The van der Waals surface area contributed by atoms with E-state index >= 15 is 0 Å². The van der Waals surface area contributed by atoms with Gasteiger partial charge in [-0.05, 0) is 57.8 Å². The molecule has 1 unspecified atom stereocenters. The number of nitrogens with zero attached hydrogens (tertiary/aromatic N) is 1. The van der Waals surface area contributed by atoms with Crippen LogP contribution in [0.25, 0.3) is 0 Å². The van der Waals surface area contributed by atoms with Crippen LogP contribution in [0.5, 0.6) is 0 Å². The van der Waals surface area contributed by atoms with Gasteiger partial charge in [-0.2, -0.15) is 0 Å². The third-order valence-electron chi connectivity index (χ3n) is 5.04. The van der Waals surface area contributed by atoms with Crippen LogP contribution >= 0.6 is 0 Å². The standard InChI is InChI=1S/C31H49NO4/c1-5-6-7-8-9-10-11-12-13-14-15-16-17-18-19-20-21-22-23-24-25-26-31(35)36-29(27-30(33)34)28-32(2,3)4/h6-7,9-10,12-13,15-16,18-19,21-22,29H,5,8,11,14,17,20,23-28H2,1-4H3/b7-6+,10-9+,13-12+,16-15+,19-18+,22-21+. The van der Waals surface area contributed by atoms with Crippen LogP contribution in [-0.4, -0.2) is 50.2 Å². The predicted octanol–water partition coefficient (Wildman–Crippen LogP) is 6.00. The molecule has 0 aromatic carbocycles. The smallest absolute Gasteiger partial charge is 0.306 e. The summed E-state index contributed by atoms with van der Waals surface area (Å²) in [6, 6.07) is 0. The molecular formula is C31H49NO4. The molecule has 0 aliphatic rings. The highest BCUT2D eigenvalue weighted by Gasteiger charge is 2.22. The highest BCUT2D eigenvalue weighted by Crippen LogP contribution is 2.09. The Labute approximate surface area is 220 Å². The lowest BCUT2D eigenvalue weighted by molar-refractivity contribution is -0.873. The number of allylic oxidation sites excluding steroid dienone is 12. The number of quaternary nitrogens is 1. The summed E-state index contributed by atoms with van der Waals surface area (Å²) in [4.78, 5) is 22.9. The van der Waals surface area contributed by atoms with Crippen LogP contribution in [0.1, 0.15) is 77.6 Å². The van der Waals surface area contributed by atoms with Crippen molar-refractivity contribution < 1.29 is 23.9 Å². The number of carboxylic acid groups (broad SMARTS) is 1. The summed E-state index contributed by atoms with van der Waals surface area (Å²) in [6.45, 7) is 2.59. The molecule has 0 amide bonds. The highest BCUT2D eigenvalue weighted by atomic mass is 16.5. The molecule has 0 spiro atoms. The number of esters is 1. The Morgan fingerprint density at radius 1 is 0.722 bits per heavy atom. The summed E-state index contributed by atoms with van der Waals surface area (Å²) in [5.41, 5.74) is 0. The lowest BCUT2D eigenvalue weighted by Gasteiger charge is -2.29. The van der Waals surface area contributed by atoms with Gasteiger partial charge in [-0.25, -0.2) is 0 Å². The number of likely N-dealkylation sites (N-methyl/N-ethyl adjacent to an activating group) is 1. The second kappa shape index (κ2) is 22.8. The Morgan fingerprint density at radius 3 is 1.58 bits per heavy atom. The van der Waals surface area contributed by atoms with Crippen molar-refractivity contribution >= 4 is 11.9 Å². The molecule has 0 aliphatic carbocycles. The average molecular weight is 500 g/mol. The highest BCUT2D eigenvalue weighted by molar-refractivity contribution is 5.70. The van der Waals surface area contributed by atoms with Crippen molar-refractivity contribution in [2.45, 2.75) is 83.7 Å². The zero-order valence-corrected chi connectivity index (χ0v) is 23.1. The molecule has 0 N–H and O–H groups in total. The van der Waals surface area contributed by atoms with Crippen LogP contribution in [0, 0.1) is 0 Å². The molecule has 0 aromatic heterocycles. The summed E-state index contributed by atoms with van der Waals surface area (Å²) in [5.74, 6) is -1.53. The van der Waals surface area contributed by atoms with Gasteiger partial charge in [0.2, 0.25) is 0 Å². The Morgan fingerprint density at radius 2 is 1.17 bits per heavy atom. The molecule has 0 bridgehead atoms. The van der Waals surface area contributed by atoms with E-state index in [9.17, 15) is 14.7 Å². The first-order valence-electron chi connectivity index (χ1n) is 13.3. The van der Waals surface area contributed by atoms with Crippen molar-refractivity contribution in [3.05, 3.63) is 72.9 Å². The summed E-state index contributed by atoms with van der Waals surface area (Å²) in [5, 5.41) is 10.9. The number of ether oxygens (including phenoxy) is 1. The fourth-order valence-electron chi connectivity index (χ4n) is 3.36. The molecule has 1 atom stereocenters. The van der Waals surface area contributed by atoms with Gasteiger partial charge in [-0.1, -0.05) is 79.8 Å². The largest absolute Gasteiger partial charge is 0.550 e. The van der Waals surface area contributed by atoms with E-state index in [0.29, 0.717) is 17.4 Å². The Kier molecular flexibility index (Phi) is 21.1. The number of unbranched alkanes of at least 4 members (excludes halogenated alkanes) is 2. The number of hydrogen-bond acceptors (Lipinski definition) is 4. The second-order valence-electron chi connectivity index (χ2n) is 9.82. The third-order valence-corrected chi connectivity index (χ3v) is 5.04. The minimum absolute atomic E-state index is 0.264. The van der Waals surface area contributed by atoms with Gasteiger partial charge >= 0.3 is 5.97 Å². The van der Waals surface area contributed by atoms with Gasteiger partial charge in [0.25, 0.3) is 0 Å². The van der Waals surface area contributed by atoms with Crippen LogP contribution in [0.15, 0.2) is 72.9 Å². The Bertz CT molecular complexity index is 751. The quantitative estimate of drug-likeness (QED) is 0.0840. The number of carboxylic acids is 1. The number of carbonyl (C=O) groups excluding carboxylic acids is 2. The van der Waals surface area contributed by atoms with E-state index < -0.39 is 12.1 Å². The van der Waals surface area contributed by atoms with E-state index in [-0.39, 0.29) is 12.4 Å². The van der Waals surface area contributed by atoms with Crippen LogP contribution in [0.4, 0.5) is 0 Å². The van der Waals surface area contributed by atoms with E-state index in [2.05, 4.69) is 79.8 Å². The maximum atomic E-state index is 12.0. The number of carbonyl (C=O) groups is 2. The number of hydrogen-bond donors (Lipinski definition) is 0. The third kappa shape index (κ3) is 26.0. The maximum Gasteiger partial charge on any atom is 0.306 e. The predicted molar refractivity (Wildman–Crippen MR) is 149 cm³/mol. The van der Waals surface area contributed by atoms with E-state index in [1.807, 2.05) is 21.1 Å². The van der Waals surface area contributed by atoms with Crippen molar-refractivity contribution in [1.29, 1.82) is 0 Å². The first-order valence-corrected chi connectivity index (χ1v) is 13.3. The minimum atomic E-state index is -1.20. The summed E-state index contributed by atoms with van der Waals surface area (Å²) in [7, 11) is 5.80. The normalized spacial score (nSPS) is 13.9. The molecule has 0 heterocycles. The van der Waals surface area contributed by atoms with Gasteiger partial charge in [-0.3, -0.25) is 4.79 Å². The summed E-state index contributed by atoms with van der Waals surface area (Å²) < 4.78 is 5.89. The number of aliphatic carboxylic acids is 1. The van der Waals surface area contributed by atoms with Gasteiger partial charge in [0, 0.05) is 18.8 Å². The molecule has 36 heavy (non-hydrogen) atoms. The molecule has 0 aromatic rings. The second-order valence-corrected chi connectivity index (χ2v) is 9.82. The van der Waals surface area contributed by atoms with Gasteiger partial charge in [0.05, 0.1) is 21.1 Å². The molecule has 5 heteroatoms. The van der Waals surface area contributed by atoms with Crippen molar-refractivity contribution in [3.63, 3.8) is 0 Å². The fourth-order valence-corrected chi connectivity index (χ4v) is 3.36. The lowest BCUT2D eigenvalue weighted by atomic mass is 10.1. The van der Waals surface area contributed by atoms with Gasteiger partial charge in [-0.15, -0.1) is 0 Å². The molecule has 0 saturated carbocycles. The van der Waals surface area contributed by atoms with E-state index in [1.165, 1.54) is 0 Å². The first-order chi connectivity index (χ1) is 17.2. The zero-order chi connectivity index (χ0) is 26.9. The van der Waals surface area contributed by atoms with Gasteiger partial charge < -0.3 is 19.1 Å². The maximum absolute atomic E-state index is 12.0.